The second-order valence-corrected chi connectivity index (χ2v) is 11.8. The minimum atomic E-state index is -3.31. The van der Waals surface area contributed by atoms with Crippen molar-refractivity contribution in [3.05, 3.63) is 83.9 Å². The van der Waals surface area contributed by atoms with E-state index in [0.29, 0.717) is 52.3 Å². The molecule has 0 radical (unpaired) electrons. The Morgan fingerprint density at radius 1 is 1.17 bits per heavy atom. The number of aromatic nitrogens is 3. The summed E-state index contributed by atoms with van der Waals surface area (Å²) in [5.74, 6) is 0.775. The molecule has 4 aromatic rings. The van der Waals surface area contributed by atoms with E-state index in [1.807, 2.05) is 29.6 Å². The van der Waals surface area contributed by atoms with Crippen molar-refractivity contribution in [2.45, 2.75) is 18.0 Å². The fourth-order valence-electron chi connectivity index (χ4n) is 5.05. The highest BCUT2D eigenvalue weighted by Gasteiger charge is 2.21. The van der Waals surface area contributed by atoms with E-state index in [9.17, 15) is 22.5 Å². The Hall–Kier alpha value is -4.67. The van der Waals surface area contributed by atoms with E-state index < -0.39 is 16.4 Å². The molecule has 0 saturated carbocycles. The molecule has 5 rings (SSSR count). The molecule has 1 aliphatic heterocycles. The number of fused-ring (bicyclic) bond motifs is 1. The number of allylic oxidation sites excluding steroid dienone is 1. The number of nitriles is 1. The minimum absolute atomic E-state index is 0.217. The van der Waals surface area contributed by atoms with E-state index in [0.717, 1.165) is 36.9 Å². The van der Waals surface area contributed by atoms with E-state index in [1.165, 1.54) is 17.0 Å². The molecule has 4 heterocycles. The maximum absolute atomic E-state index is 12.7. The lowest BCUT2D eigenvalue weighted by Crippen LogP contribution is -2.46. The van der Waals surface area contributed by atoms with E-state index in [4.69, 9.17) is 5.41 Å². The van der Waals surface area contributed by atoms with Gasteiger partial charge in [-0.1, -0.05) is 18.2 Å². The highest BCUT2D eigenvalue weighted by molar-refractivity contribution is 7.90. The monoisotopic (exact) mass is 590 g/mol. The van der Waals surface area contributed by atoms with Crippen molar-refractivity contribution in [3.63, 3.8) is 0 Å². The molecule has 0 aliphatic carbocycles. The van der Waals surface area contributed by atoms with Gasteiger partial charge in [-0.05, 0) is 29.8 Å². The number of nitrogens with zero attached hydrogens (tertiary/aromatic N) is 6. The van der Waals surface area contributed by atoms with Gasteiger partial charge in [0.05, 0.1) is 22.2 Å². The lowest BCUT2D eigenvalue weighted by Gasteiger charge is -2.35. The van der Waals surface area contributed by atoms with Gasteiger partial charge in [-0.3, -0.25) is 4.90 Å². The molecule has 0 amide bonds. The normalized spacial score (nSPS) is 14.7. The quantitative estimate of drug-likeness (QED) is 0.222. The SMILES string of the molecule is CS(=O)(=O)c1ccccc1CN1CCN(c2ccc(-c3cc(/C(C=N)=C/NC(F)F)cn4ncc(C#N)c34)cn2)CC1. The zero-order valence-electron chi connectivity index (χ0n) is 22.7. The number of piperazine rings is 1. The summed E-state index contributed by atoms with van der Waals surface area (Å²) in [6.45, 7) is 0.646. The van der Waals surface area contributed by atoms with Crippen molar-refractivity contribution >= 4 is 33.0 Å². The average molecular weight is 591 g/mol. The summed E-state index contributed by atoms with van der Waals surface area (Å²) in [6, 6.07) is 14.7. The van der Waals surface area contributed by atoms with Crippen LogP contribution in [0.3, 0.4) is 0 Å². The van der Waals surface area contributed by atoms with Crippen LogP contribution in [-0.2, 0) is 16.4 Å². The zero-order valence-corrected chi connectivity index (χ0v) is 23.5. The standard InChI is InChI=1S/C29H28F2N8O2S/c1-42(40,41)26-5-3-2-4-21(26)18-37-8-10-38(11-9-37)27-7-6-20(15-34-27)25-12-22(23(13-32)16-35-29(30)31)19-39-28(25)24(14-33)17-36-39/h2-7,12-13,15-17,19,29,32,35H,8-11,18H2,1H3/b23-16+,32-13?. The fraction of sp³-hybridized carbons (Fsp3) is 0.241. The van der Waals surface area contributed by atoms with Gasteiger partial charge < -0.3 is 15.6 Å². The lowest BCUT2D eigenvalue weighted by atomic mass is 10.0. The summed E-state index contributed by atoms with van der Waals surface area (Å²) in [4.78, 5) is 9.41. The number of nitrogens with one attached hydrogen (secondary N) is 2. The summed E-state index contributed by atoms with van der Waals surface area (Å²) < 4.78 is 51.3. The van der Waals surface area contributed by atoms with Gasteiger partial charge in [0.1, 0.15) is 11.9 Å². The van der Waals surface area contributed by atoms with Gasteiger partial charge in [0.25, 0.3) is 0 Å². The molecular weight excluding hydrogens is 562 g/mol. The number of benzene rings is 1. The molecule has 1 fully saturated rings. The van der Waals surface area contributed by atoms with Crippen LogP contribution in [0.1, 0.15) is 16.7 Å². The van der Waals surface area contributed by atoms with Crippen molar-refractivity contribution in [2.75, 3.05) is 37.3 Å². The van der Waals surface area contributed by atoms with Crippen molar-refractivity contribution in [1.82, 2.24) is 24.8 Å². The van der Waals surface area contributed by atoms with E-state index in [-0.39, 0.29) is 5.57 Å². The third kappa shape index (κ3) is 6.14. The smallest absolute Gasteiger partial charge is 0.312 e. The van der Waals surface area contributed by atoms with Crippen molar-refractivity contribution in [2.24, 2.45) is 0 Å². The van der Waals surface area contributed by atoms with Crippen LogP contribution in [0.2, 0.25) is 0 Å². The van der Waals surface area contributed by atoms with Crippen LogP contribution in [-0.4, -0.2) is 73.1 Å². The number of rotatable bonds is 9. The number of halogens is 2. The van der Waals surface area contributed by atoms with Crippen LogP contribution in [0.5, 0.6) is 0 Å². The summed E-state index contributed by atoms with van der Waals surface area (Å²) in [5, 5.41) is 23.5. The van der Waals surface area contributed by atoms with Crippen molar-refractivity contribution in [1.29, 1.82) is 10.7 Å². The second-order valence-electron chi connectivity index (χ2n) is 9.87. The molecule has 42 heavy (non-hydrogen) atoms. The zero-order chi connectivity index (χ0) is 29.9. The number of pyridine rings is 2. The Morgan fingerprint density at radius 2 is 1.93 bits per heavy atom. The van der Waals surface area contributed by atoms with Crippen LogP contribution in [0.15, 0.2) is 72.2 Å². The Labute approximate surface area is 241 Å². The van der Waals surface area contributed by atoms with E-state index in [2.05, 4.69) is 26.0 Å². The van der Waals surface area contributed by atoms with Gasteiger partial charge in [-0.15, -0.1) is 0 Å². The van der Waals surface area contributed by atoms with Crippen LogP contribution in [0.4, 0.5) is 14.6 Å². The van der Waals surface area contributed by atoms with Gasteiger partial charge in [-0.2, -0.15) is 19.1 Å². The summed E-state index contributed by atoms with van der Waals surface area (Å²) >= 11 is 0. The molecule has 1 aliphatic rings. The number of hydrogen-bond acceptors (Lipinski definition) is 9. The van der Waals surface area contributed by atoms with Crippen molar-refractivity contribution in [3.8, 4) is 17.2 Å². The maximum Gasteiger partial charge on any atom is 0.312 e. The van der Waals surface area contributed by atoms with Crippen LogP contribution in [0, 0.1) is 16.7 Å². The molecule has 1 saturated heterocycles. The Bertz CT molecular complexity index is 1790. The van der Waals surface area contributed by atoms with E-state index >= 15 is 0 Å². The Morgan fingerprint density at radius 3 is 2.57 bits per heavy atom. The van der Waals surface area contributed by atoms with E-state index in [1.54, 1.807) is 30.6 Å². The van der Waals surface area contributed by atoms with Crippen LogP contribution < -0.4 is 10.2 Å². The highest BCUT2D eigenvalue weighted by Crippen LogP contribution is 2.31. The predicted octanol–water partition coefficient (Wildman–Crippen LogP) is 3.80. The Balaban J connectivity index is 1.36. The molecule has 10 nitrogen and oxygen atoms in total. The first kappa shape index (κ1) is 28.8. The number of anilines is 1. The third-order valence-corrected chi connectivity index (χ3v) is 8.30. The number of alkyl halides is 2. The van der Waals surface area contributed by atoms with Gasteiger partial charge >= 0.3 is 6.55 Å². The fourth-order valence-corrected chi connectivity index (χ4v) is 5.98. The summed E-state index contributed by atoms with van der Waals surface area (Å²) in [6.07, 6.45) is 7.97. The van der Waals surface area contributed by atoms with Gasteiger partial charge in [-0.25, -0.2) is 17.9 Å². The van der Waals surface area contributed by atoms with Crippen LogP contribution in [0.25, 0.3) is 22.2 Å². The number of hydrogen-bond donors (Lipinski definition) is 2. The summed E-state index contributed by atoms with van der Waals surface area (Å²) in [5.41, 5.74) is 3.68. The Kier molecular flexibility index (Phi) is 8.28. The molecule has 0 spiro atoms. The molecule has 13 heteroatoms. The molecule has 216 valence electrons. The first-order valence-corrected chi connectivity index (χ1v) is 15.0. The second kappa shape index (κ2) is 12.1. The molecular formula is C29H28F2N8O2S. The third-order valence-electron chi connectivity index (χ3n) is 7.11. The van der Waals surface area contributed by atoms with Crippen molar-refractivity contribution < 1.29 is 17.2 Å². The van der Waals surface area contributed by atoms with Gasteiger partial charge in [0, 0.05) is 86.1 Å². The average Bonchev–Trinajstić information content (AvgIpc) is 3.40. The predicted molar refractivity (Wildman–Crippen MR) is 156 cm³/mol. The first-order chi connectivity index (χ1) is 20.2. The van der Waals surface area contributed by atoms with Gasteiger partial charge in [0.15, 0.2) is 9.84 Å². The van der Waals surface area contributed by atoms with Crippen LogP contribution >= 0.6 is 0 Å². The molecule has 0 bridgehead atoms. The minimum Gasteiger partial charge on any atom is -0.354 e. The largest absolute Gasteiger partial charge is 0.354 e. The first-order valence-electron chi connectivity index (χ1n) is 13.1. The molecule has 1 aromatic carbocycles. The molecule has 0 atom stereocenters. The van der Waals surface area contributed by atoms with Gasteiger partial charge in [0.2, 0.25) is 0 Å². The molecule has 3 aromatic heterocycles. The maximum atomic E-state index is 12.7. The summed E-state index contributed by atoms with van der Waals surface area (Å²) in [7, 11) is -3.31. The lowest BCUT2D eigenvalue weighted by molar-refractivity contribution is 0.125. The molecule has 0 unspecified atom stereocenters. The topological polar surface area (TPSA) is 130 Å². The number of sulfone groups is 1. The highest BCUT2D eigenvalue weighted by atomic mass is 32.2. The molecule has 2 N–H and O–H groups in total.